The molecule has 0 amide bonds. The van der Waals surface area contributed by atoms with Gasteiger partial charge in [0.2, 0.25) is 0 Å². The van der Waals surface area contributed by atoms with Crippen LogP contribution in [0.4, 0.5) is 0 Å². The molecule has 0 rings (SSSR count). The fraction of sp³-hybridized carbons (Fsp3) is 0.957. The third-order valence-electron chi connectivity index (χ3n) is 21.7. The summed E-state index contributed by atoms with van der Waals surface area (Å²) < 4.78 is 69.1. The summed E-state index contributed by atoms with van der Waals surface area (Å²) in [6.45, 7) is 9.73. The first-order valence-electron chi connectivity index (χ1n) is 47.5. The van der Waals surface area contributed by atoms with Gasteiger partial charge < -0.3 is 33.8 Å². The highest BCUT2D eigenvalue weighted by molar-refractivity contribution is 7.47. The van der Waals surface area contributed by atoms with Gasteiger partial charge in [0, 0.05) is 25.7 Å². The summed E-state index contributed by atoms with van der Waals surface area (Å²) in [5.74, 6) is -0.531. The molecule has 0 fully saturated rings. The third kappa shape index (κ3) is 85.8. The predicted octanol–water partition coefficient (Wildman–Crippen LogP) is 28.6. The van der Waals surface area contributed by atoms with Gasteiger partial charge in [0.1, 0.15) is 19.3 Å². The average molecular weight is 1620 g/mol. The van der Waals surface area contributed by atoms with Crippen molar-refractivity contribution >= 4 is 39.5 Å². The Balaban J connectivity index is 5.24. The molecule has 0 aliphatic rings. The standard InChI is InChI=1S/C92H180O17P2/c1-7-9-11-13-15-17-19-21-23-25-26-27-28-33-36-40-44-50-56-62-68-74-89(94)102-80-87(108-91(96)77-71-65-59-52-46-42-38-34-30-29-32-35-39-43-48-54-60-66-72-84(3)4)82-106-110(98,99)104-78-86(93)79-105-111(100,101)107-83-88(81-103-90(95)75-69-63-57-53-47-49-55-61-67-73-85(5)6)109-92(97)76-70-64-58-51-45-41-37-31-24-22-20-18-16-14-12-10-8-2/h84-88,93H,7-83H2,1-6H3,(H,98,99)(H,100,101)/t86-,87-,88-/m1/s1. The van der Waals surface area contributed by atoms with Gasteiger partial charge in [0.15, 0.2) is 12.2 Å². The Labute approximate surface area is 683 Å². The Kier molecular flexibility index (Phi) is 81.7. The van der Waals surface area contributed by atoms with Crippen molar-refractivity contribution < 1.29 is 80.2 Å². The molecule has 19 heteroatoms. The van der Waals surface area contributed by atoms with E-state index in [-0.39, 0.29) is 25.7 Å². The zero-order valence-corrected chi connectivity index (χ0v) is 75.1. The molecule has 0 spiro atoms. The largest absolute Gasteiger partial charge is 0.472 e. The first-order valence-corrected chi connectivity index (χ1v) is 50.5. The lowest BCUT2D eigenvalue weighted by molar-refractivity contribution is -0.161. The van der Waals surface area contributed by atoms with Crippen molar-refractivity contribution in [1.82, 2.24) is 0 Å². The maximum Gasteiger partial charge on any atom is 0.472 e. The van der Waals surface area contributed by atoms with Gasteiger partial charge in [-0.2, -0.15) is 0 Å². The van der Waals surface area contributed by atoms with Crippen LogP contribution in [0.3, 0.4) is 0 Å². The highest BCUT2D eigenvalue weighted by Crippen LogP contribution is 2.45. The minimum Gasteiger partial charge on any atom is -0.462 e. The topological polar surface area (TPSA) is 237 Å². The Morgan fingerprint density at radius 1 is 0.243 bits per heavy atom. The van der Waals surface area contributed by atoms with Gasteiger partial charge in [-0.3, -0.25) is 37.3 Å². The molecule has 5 atom stereocenters. The number of phosphoric acid groups is 2. The van der Waals surface area contributed by atoms with E-state index < -0.39 is 97.5 Å². The number of phosphoric ester groups is 2. The van der Waals surface area contributed by atoms with Crippen LogP contribution in [0.25, 0.3) is 0 Å². The molecule has 0 saturated carbocycles. The van der Waals surface area contributed by atoms with Gasteiger partial charge in [-0.25, -0.2) is 9.13 Å². The molecular formula is C92H180O17P2. The number of hydrogen-bond acceptors (Lipinski definition) is 15. The summed E-state index contributed by atoms with van der Waals surface area (Å²) >= 11 is 0. The van der Waals surface area contributed by atoms with Crippen LogP contribution in [-0.4, -0.2) is 96.7 Å². The van der Waals surface area contributed by atoms with Crippen molar-refractivity contribution in [2.24, 2.45) is 11.8 Å². The Morgan fingerprint density at radius 2 is 0.414 bits per heavy atom. The van der Waals surface area contributed by atoms with E-state index >= 15 is 0 Å². The smallest absolute Gasteiger partial charge is 0.462 e. The molecule has 0 bridgehead atoms. The molecule has 2 unspecified atom stereocenters. The predicted molar refractivity (Wildman–Crippen MR) is 460 cm³/mol. The number of esters is 4. The maximum atomic E-state index is 13.2. The molecule has 0 heterocycles. The third-order valence-corrected chi connectivity index (χ3v) is 23.6. The number of aliphatic hydroxyl groups excluding tert-OH is 1. The molecule has 0 aliphatic heterocycles. The minimum atomic E-state index is -4.97. The van der Waals surface area contributed by atoms with Crippen LogP contribution < -0.4 is 0 Å². The van der Waals surface area contributed by atoms with Crippen molar-refractivity contribution in [3.05, 3.63) is 0 Å². The lowest BCUT2D eigenvalue weighted by atomic mass is 10.0. The molecular weight excluding hydrogens is 1440 g/mol. The minimum absolute atomic E-state index is 0.108. The number of unbranched alkanes of at least 4 members (excludes halogenated alkanes) is 61. The van der Waals surface area contributed by atoms with E-state index in [0.29, 0.717) is 25.7 Å². The first kappa shape index (κ1) is 109. The molecule has 0 aliphatic carbocycles. The summed E-state index contributed by atoms with van der Waals surface area (Å²) in [4.78, 5) is 73.5. The Hall–Kier alpha value is -1.94. The van der Waals surface area contributed by atoms with Gasteiger partial charge in [-0.05, 0) is 37.5 Å². The van der Waals surface area contributed by atoms with Gasteiger partial charge in [-0.15, -0.1) is 0 Å². The molecule has 3 N–H and O–H groups in total. The fourth-order valence-corrected chi connectivity index (χ4v) is 16.1. The molecule has 0 saturated heterocycles. The molecule has 660 valence electrons. The summed E-state index contributed by atoms with van der Waals surface area (Å²) in [6.07, 6.45) is 77.9. The lowest BCUT2D eigenvalue weighted by Gasteiger charge is -2.21. The summed E-state index contributed by atoms with van der Waals surface area (Å²) in [6, 6.07) is 0. The zero-order valence-electron chi connectivity index (χ0n) is 73.3. The highest BCUT2D eigenvalue weighted by Gasteiger charge is 2.31. The van der Waals surface area contributed by atoms with E-state index in [4.69, 9.17) is 37.0 Å². The van der Waals surface area contributed by atoms with Crippen molar-refractivity contribution in [3.63, 3.8) is 0 Å². The van der Waals surface area contributed by atoms with Crippen LogP contribution >= 0.6 is 15.6 Å². The average Bonchev–Trinajstić information content (AvgIpc) is 0.899. The summed E-state index contributed by atoms with van der Waals surface area (Å²) in [5, 5.41) is 10.7. The van der Waals surface area contributed by atoms with Crippen molar-refractivity contribution in [3.8, 4) is 0 Å². The van der Waals surface area contributed by atoms with E-state index in [1.165, 1.54) is 315 Å². The molecule has 0 aromatic heterocycles. The second-order valence-corrected chi connectivity index (χ2v) is 36.9. The fourth-order valence-electron chi connectivity index (χ4n) is 14.5. The van der Waals surface area contributed by atoms with Crippen LogP contribution in [-0.2, 0) is 65.4 Å². The number of aliphatic hydroxyl groups is 1. The van der Waals surface area contributed by atoms with Crippen LogP contribution in [0, 0.1) is 11.8 Å². The molecule has 0 aromatic carbocycles. The molecule has 111 heavy (non-hydrogen) atoms. The van der Waals surface area contributed by atoms with E-state index in [1.807, 2.05) is 0 Å². The molecule has 17 nitrogen and oxygen atoms in total. The highest BCUT2D eigenvalue weighted by atomic mass is 31.2. The number of carbonyl (C=O) groups excluding carboxylic acids is 4. The number of carbonyl (C=O) groups is 4. The van der Waals surface area contributed by atoms with Gasteiger partial charge in [0.05, 0.1) is 26.4 Å². The van der Waals surface area contributed by atoms with Gasteiger partial charge in [0.25, 0.3) is 0 Å². The Morgan fingerprint density at radius 3 is 0.613 bits per heavy atom. The van der Waals surface area contributed by atoms with Crippen LogP contribution in [0.15, 0.2) is 0 Å². The Bertz CT molecular complexity index is 2120. The SMILES string of the molecule is CCCCCCCCCCCCCCCCCCCCCCCC(=O)OC[C@H](COP(=O)(O)OC[C@@H](O)COP(=O)(O)OC[C@@H](COC(=O)CCCCCCCCCCCC(C)C)OC(=O)CCCCCCCCCCCCCCCCCCC)OC(=O)CCCCCCCCCCCCCCCCCCCCC(C)C. The van der Waals surface area contributed by atoms with E-state index in [0.717, 1.165) is 102 Å². The van der Waals surface area contributed by atoms with E-state index in [1.54, 1.807) is 0 Å². The summed E-state index contributed by atoms with van der Waals surface area (Å²) in [5.41, 5.74) is 0. The van der Waals surface area contributed by atoms with Crippen molar-refractivity contribution in [2.45, 2.75) is 516 Å². The number of rotatable bonds is 91. The van der Waals surface area contributed by atoms with Crippen molar-refractivity contribution in [1.29, 1.82) is 0 Å². The second-order valence-electron chi connectivity index (χ2n) is 34.0. The van der Waals surface area contributed by atoms with Gasteiger partial charge in [-0.1, -0.05) is 446 Å². The molecule has 0 aromatic rings. The second kappa shape index (κ2) is 83.1. The normalized spacial score (nSPS) is 13.7. The van der Waals surface area contributed by atoms with E-state index in [2.05, 4.69) is 41.5 Å². The monoisotopic (exact) mass is 1620 g/mol. The number of hydrogen-bond donors (Lipinski definition) is 3. The van der Waals surface area contributed by atoms with Crippen molar-refractivity contribution in [2.75, 3.05) is 39.6 Å². The quantitative estimate of drug-likeness (QED) is 0.0222. The summed E-state index contributed by atoms with van der Waals surface area (Å²) in [7, 11) is -9.94. The number of ether oxygens (including phenoxy) is 4. The first-order chi connectivity index (χ1) is 53.9. The van der Waals surface area contributed by atoms with Crippen LogP contribution in [0.5, 0.6) is 0 Å². The van der Waals surface area contributed by atoms with Crippen LogP contribution in [0.2, 0.25) is 0 Å². The zero-order chi connectivity index (χ0) is 81.3. The van der Waals surface area contributed by atoms with E-state index in [9.17, 15) is 43.2 Å². The van der Waals surface area contributed by atoms with Gasteiger partial charge >= 0.3 is 39.5 Å². The maximum absolute atomic E-state index is 13.2. The van der Waals surface area contributed by atoms with Crippen LogP contribution in [0.1, 0.15) is 497 Å². The molecule has 0 radical (unpaired) electrons. The lowest BCUT2D eigenvalue weighted by Crippen LogP contribution is -2.30.